The Morgan fingerprint density at radius 3 is 2.58 bits per heavy atom. The molecule has 1 saturated carbocycles. The van der Waals surface area contributed by atoms with Gasteiger partial charge in [0.15, 0.2) is 0 Å². The normalized spacial score (nSPS) is 19.2. The molecule has 69 valence electrons. The van der Waals surface area contributed by atoms with Crippen LogP contribution in [0.4, 0.5) is 0 Å². The fourth-order valence-electron chi connectivity index (χ4n) is 1.64. The molecule has 0 aromatic carbocycles. The number of nitrogens with zero attached hydrogens (tertiary/aromatic N) is 1. The van der Waals surface area contributed by atoms with Crippen molar-refractivity contribution in [1.29, 1.82) is 0 Å². The van der Waals surface area contributed by atoms with Crippen LogP contribution in [0.25, 0.3) is 0 Å². The molecule has 1 aliphatic rings. The summed E-state index contributed by atoms with van der Waals surface area (Å²) < 4.78 is 0. The van der Waals surface area contributed by atoms with Gasteiger partial charge in [0.2, 0.25) is 5.91 Å². The van der Waals surface area contributed by atoms with Gasteiger partial charge in [-0.25, -0.2) is 0 Å². The van der Waals surface area contributed by atoms with Crippen molar-refractivity contribution in [1.82, 2.24) is 4.90 Å². The van der Waals surface area contributed by atoms with Gasteiger partial charge in [0.05, 0.1) is 0 Å². The van der Waals surface area contributed by atoms with E-state index in [1.165, 1.54) is 0 Å². The molecular formula is C10H18NO. The molecule has 0 spiro atoms. The Morgan fingerprint density at radius 1 is 1.50 bits per heavy atom. The van der Waals surface area contributed by atoms with Crippen LogP contribution >= 0.6 is 0 Å². The van der Waals surface area contributed by atoms with Crippen LogP contribution in [0.5, 0.6) is 0 Å². The molecule has 0 aromatic rings. The van der Waals surface area contributed by atoms with Gasteiger partial charge in [-0.05, 0) is 39.0 Å². The lowest BCUT2D eigenvalue weighted by molar-refractivity contribution is -0.134. The number of hydrogen-bond donors (Lipinski definition) is 0. The topological polar surface area (TPSA) is 20.3 Å². The highest BCUT2D eigenvalue weighted by molar-refractivity contribution is 5.78. The zero-order valence-electron chi connectivity index (χ0n) is 8.05. The van der Waals surface area contributed by atoms with E-state index in [4.69, 9.17) is 0 Å². The van der Waals surface area contributed by atoms with Gasteiger partial charge in [0.25, 0.3) is 0 Å². The van der Waals surface area contributed by atoms with Crippen molar-refractivity contribution in [3.8, 4) is 0 Å². The molecular weight excluding hydrogens is 150 g/mol. The SMILES string of the molecule is CCN(C)C(=O)C1CC[CH]CC1. The first-order valence-corrected chi connectivity index (χ1v) is 4.82. The molecule has 0 atom stereocenters. The second kappa shape index (κ2) is 4.48. The predicted molar refractivity (Wildman–Crippen MR) is 49.6 cm³/mol. The molecule has 1 aliphatic carbocycles. The van der Waals surface area contributed by atoms with Crippen molar-refractivity contribution >= 4 is 5.91 Å². The van der Waals surface area contributed by atoms with Gasteiger partial charge < -0.3 is 4.90 Å². The van der Waals surface area contributed by atoms with E-state index >= 15 is 0 Å². The molecule has 12 heavy (non-hydrogen) atoms. The highest BCUT2D eigenvalue weighted by Crippen LogP contribution is 2.24. The van der Waals surface area contributed by atoms with Crippen LogP contribution in [0.15, 0.2) is 0 Å². The van der Waals surface area contributed by atoms with Crippen LogP contribution in [0.1, 0.15) is 32.6 Å². The lowest BCUT2D eigenvalue weighted by Gasteiger charge is -2.25. The Balaban J connectivity index is 2.39. The summed E-state index contributed by atoms with van der Waals surface area (Å²) in [6, 6.07) is 0. The van der Waals surface area contributed by atoms with Crippen LogP contribution in [-0.2, 0) is 4.79 Å². The molecule has 1 rings (SSSR count). The third-order valence-electron chi connectivity index (χ3n) is 2.64. The molecule has 0 aliphatic heterocycles. The Kier molecular flexibility index (Phi) is 3.57. The van der Waals surface area contributed by atoms with Gasteiger partial charge in [0.1, 0.15) is 0 Å². The lowest BCUT2D eigenvalue weighted by atomic mass is 9.88. The van der Waals surface area contributed by atoms with Crippen molar-refractivity contribution in [3.05, 3.63) is 6.42 Å². The van der Waals surface area contributed by atoms with Gasteiger partial charge in [-0.1, -0.05) is 0 Å². The molecule has 0 heterocycles. The fraction of sp³-hybridized carbons (Fsp3) is 0.800. The Hall–Kier alpha value is -0.530. The van der Waals surface area contributed by atoms with Crippen molar-refractivity contribution in [3.63, 3.8) is 0 Å². The first-order valence-electron chi connectivity index (χ1n) is 4.82. The maximum absolute atomic E-state index is 11.6. The minimum Gasteiger partial charge on any atom is -0.346 e. The van der Waals surface area contributed by atoms with Crippen molar-refractivity contribution in [2.24, 2.45) is 5.92 Å². The molecule has 0 aromatic heterocycles. The highest BCUT2D eigenvalue weighted by Gasteiger charge is 2.22. The van der Waals surface area contributed by atoms with Crippen LogP contribution in [-0.4, -0.2) is 24.4 Å². The summed E-state index contributed by atoms with van der Waals surface area (Å²) in [5.41, 5.74) is 0. The van der Waals surface area contributed by atoms with Gasteiger partial charge in [-0.15, -0.1) is 0 Å². The molecule has 0 unspecified atom stereocenters. The number of carbonyl (C=O) groups is 1. The third-order valence-corrected chi connectivity index (χ3v) is 2.64. The monoisotopic (exact) mass is 168 g/mol. The summed E-state index contributed by atoms with van der Waals surface area (Å²) in [7, 11) is 1.89. The zero-order chi connectivity index (χ0) is 8.97. The first-order chi connectivity index (χ1) is 5.75. The summed E-state index contributed by atoms with van der Waals surface area (Å²) in [6.45, 7) is 2.85. The predicted octanol–water partition coefficient (Wildman–Crippen LogP) is 1.86. The summed E-state index contributed by atoms with van der Waals surface area (Å²) in [5, 5.41) is 0. The van der Waals surface area contributed by atoms with E-state index in [2.05, 4.69) is 6.42 Å². The van der Waals surface area contributed by atoms with Crippen LogP contribution in [0.2, 0.25) is 0 Å². The Morgan fingerprint density at radius 2 is 2.08 bits per heavy atom. The van der Waals surface area contributed by atoms with Gasteiger partial charge in [0, 0.05) is 19.5 Å². The summed E-state index contributed by atoms with van der Waals surface area (Å²) in [5.74, 6) is 0.644. The average molecular weight is 168 g/mol. The standard InChI is InChI=1S/C10H18NO/c1-3-11(2)10(12)9-7-5-4-6-8-9/h4,9H,3,5-8H2,1-2H3. The minimum absolute atomic E-state index is 0.306. The fourth-order valence-corrected chi connectivity index (χ4v) is 1.64. The second-order valence-corrected chi connectivity index (χ2v) is 3.49. The van der Waals surface area contributed by atoms with Crippen LogP contribution in [0.3, 0.4) is 0 Å². The smallest absolute Gasteiger partial charge is 0.225 e. The molecule has 1 radical (unpaired) electrons. The van der Waals surface area contributed by atoms with E-state index in [-0.39, 0.29) is 0 Å². The van der Waals surface area contributed by atoms with Crippen molar-refractivity contribution < 1.29 is 4.79 Å². The van der Waals surface area contributed by atoms with Gasteiger partial charge in [-0.2, -0.15) is 0 Å². The molecule has 2 heteroatoms. The summed E-state index contributed by atoms with van der Waals surface area (Å²) in [4.78, 5) is 13.5. The highest BCUT2D eigenvalue weighted by atomic mass is 16.2. The maximum Gasteiger partial charge on any atom is 0.225 e. The van der Waals surface area contributed by atoms with Crippen molar-refractivity contribution in [2.45, 2.75) is 32.6 Å². The van der Waals surface area contributed by atoms with E-state index in [0.717, 1.165) is 32.2 Å². The van der Waals surface area contributed by atoms with E-state index < -0.39 is 0 Å². The molecule has 0 saturated heterocycles. The molecule has 1 fully saturated rings. The quantitative estimate of drug-likeness (QED) is 0.616. The van der Waals surface area contributed by atoms with Crippen LogP contribution in [0, 0.1) is 12.3 Å². The maximum atomic E-state index is 11.6. The molecule has 1 amide bonds. The number of rotatable bonds is 2. The number of hydrogen-bond acceptors (Lipinski definition) is 1. The lowest BCUT2D eigenvalue weighted by Crippen LogP contribution is -2.33. The van der Waals surface area contributed by atoms with Crippen molar-refractivity contribution in [2.75, 3.05) is 13.6 Å². The zero-order valence-corrected chi connectivity index (χ0v) is 8.05. The van der Waals surface area contributed by atoms with E-state index in [1.54, 1.807) is 0 Å². The van der Waals surface area contributed by atoms with Crippen LogP contribution < -0.4 is 0 Å². The molecule has 2 nitrogen and oxygen atoms in total. The van der Waals surface area contributed by atoms with Gasteiger partial charge in [-0.3, -0.25) is 4.79 Å². The van der Waals surface area contributed by atoms with E-state index in [9.17, 15) is 4.79 Å². The minimum atomic E-state index is 0.306. The average Bonchev–Trinajstić information content (AvgIpc) is 2.17. The largest absolute Gasteiger partial charge is 0.346 e. The molecule has 0 bridgehead atoms. The third kappa shape index (κ3) is 2.23. The summed E-state index contributed by atoms with van der Waals surface area (Å²) in [6.07, 6.45) is 6.64. The Labute approximate surface area is 74.9 Å². The van der Waals surface area contributed by atoms with Gasteiger partial charge >= 0.3 is 0 Å². The molecule has 0 N–H and O–H groups in total. The van der Waals surface area contributed by atoms with E-state index in [1.807, 2.05) is 18.9 Å². The summed E-state index contributed by atoms with van der Waals surface area (Å²) >= 11 is 0. The number of carbonyl (C=O) groups excluding carboxylic acids is 1. The first kappa shape index (κ1) is 9.56. The Bertz CT molecular complexity index is 150. The number of amides is 1. The van der Waals surface area contributed by atoms with E-state index in [0.29, 0.717) is 11.8 Å². The second-order valence-electron chi connectivity index (χ2n) is 3.49.